The molecule has 0 unspecified atom stereocenters. The van der Waals surface area contributed by atoms with E-state index in [2.05, 4.69) is 24.0 Å². The lowest BCUT2D eigenvalue weighted by molar-refractivity contribution is 0.0578. The summed E-state index contributed by atoms with van der Waals surface area (Å²) >= 11 is 0. The molecule has 116 valence electrons. The Kier molecular flexibility index (Phi) is 3.96. The minimum absolute atomic E-state index is 0.0529. The van der Waals surface area contributed by atoms with E-state index in [-0.39, 0.29) is 17.9 Å². The molecule has 5 nitrogen and oxygen atoms in total. The molecule has 1 aromatic heterocycles. The van der Waals surface area contributed by atoms with Crippen LogP contribution in [-0.4, -0.2) is 20.9 Å². The lowest BCUT2D eigenvalue weighted by Gasteiger charge is -2.29. The van der Waals surface area contributed by atoms with Gasteiger partial charge in [0.25, 0.3) is 5.91 Å². The second-order valence-corrected chi connectivity index (χ2v) is 5.82. The molecule has 0 saturated carbocycles. The van der Waals surface area contributed by atoms with Gasteiger partial charge in [-0.25, -0.2) is 0 Å². The van der Waals surface area contributed by atoms with E-state index in [1.165, 1.54) is 0 Å². The zero-order valence-corrected chi connectivity index (χ0v) is 13.2. The van der Waals surface area contributed by atoms with Gasteiger partial charge in [-0.1, -0.05) is 50.5 Å². The first-order chi connectivity index (χ1) is 10.7. The quantitative estimate of drug-likeness (QED) is 0.849. The minimum atomic E-state index is -0.169. The highest BCUT2D eigenvalue weighted by Crippen LogP contribution is 2.36. The van der Waals surface area contributed by atoms with Crippen LogP contribution in [0, 0.1) is 5.92 Å². The topological polar surface area (TPSA) is 59.2 Å². The number of aromatic nitrogens is 2. The first-order valence-corrected chi connectivity index (χ1v) is 7.87. The van der Waals surface area contributed by atoms with Crippen LogP contribution in [0.2, 0.25) is 0 Å². The van der Waals surface area contributed by atoms with Crippen molar-refractivity contribution in [1.82, 2.24) is 15.0 Å². The molecule has 1 aliphatic heterocycles. The average Bonchev–Trinajstić information content (AvgIpc) is 3.14. The molecule has 2 atom stereocenters. The van der Waals surface area contributed by atoms with Gasteiger partial charge in [0.05, 0.1) is 0 Å². The monoisotopic (exact) mass is 299 g/mol. The largest absolute Gasteiger partial charge is 0.337 e. The van der Waals surface area contributed by atoms with Gasteiger partial charge in [0.15, 0.2) is 5.82 Å². The minimum Gasteiger partial charge on any atom is -0.337 e. The lowest BCUT2D eigenvalue weighted by atomic mass is 9.97. The highest BCUT2D eigenvalue weighted by molar-refractivity contribution is 5.98. The van der Waals surface area contributed by atoms with Gasteiger partial charge >= 0.3 is 0 Å². The van der Waals surface area contributed by atoms with Crippen molar-refractivity contribution in [1.29, 1.82) is 0 Å². The van der Waals surface area contributed by atoms with Gasteiger partial charge in [0.2, 0.25) is 5.89 Å². The molecule has 22 heavy (non-hydrogen) atoms. The molecule has 5 heteroatoms. The molecule has 0 aliphatic carbocycles. The van der Waals surface area contributed by atoms with Crippen LogP contribution < -0.4 is 0 Å². The normalized spacial score (nSPS) is 16.7. The summed E-state index contributed by atoms with van der Waals surface area (Å²) in [6, 6.07) is 7.59. The van der Waals surface area contributed by atoms with Crippen molar-refractivity contribution in [2.45, 2.75) is 46.2 Å². The van der Waals surface area contributed by atoms with Crippen molar-refractivity contribution in [3.8, 4) is 0 Å². The summed E-state index contributed by atoms with van der Waals surface area (Å²) in [4.78, 5) is 19.1. The summed E-state index contributed by atoms with van der Waals surface area (Å²) in [6.45, 7) is 6.83. The molecule has 0 fully saturated rings. The highest BCUT2D eigenvalue weighted by Gasteiger charge is 2.38. The number of aryl methyl sites for hydroxylation is 1. The molecular formula is C17H21N3O2. The van der Waals surface area contributed by atoms with Crippen LogP contribution in [0.15, 0.2) is 28.8 Å². The molecule has 3 rings (SSSR count). The van der Waals surface area contributed by atoms with Crippen LogP contribution in [0.1, 0.15) is 60.9 Å². The molecule has 2 aromatic rings. The smallest absolute Gasteiger partial charge is 0.255 e. The van der Waals surface area contributed by atoms with E-state index in [0.29, 0.717) is 18.3 Å². The van der Waals surface area contributed by atoms with Gasteiger partial charge in [0, 0.05) is 18.5 Å². The van der Waals surface area contributed by atoms with Gasteiger partial charge in [-0.05, 0) is 17.5 Å². The summed E-state index contributed by atoms with van der Waals surface area (Å²) < 4.78 is 5.45. The number of hydrogen-bond donors (Lipinski definition) is 0. The Bertz CT molecular complexity index is 680. The Morgan fingerprint density at radius 3 is 2.73 bits per heavy atom. The third-order valence-corrected chi connectivity index (χ3v) is 4.42. The maximum atomic E-state index is 12.7. The van der Waals surface area contributed by atoms with Crippen LogP contribution in [0.3, 0.4) is 0 Å². The number of amides is 1. The zero-order valence-electron chi connectivity index (χ0n) is 13.2. The number of carbonyl (C=O) groups excluding carboxylic acids is 1. The summed E-state index contributed by atoms with van der Waals surface area (Å²) in [5.41, 5.74) is 1.85. The fraction of sp³-hybridized carbons (Fsp3) is 0.471. The Hall–Kier alpha value is -2.17. The van der Waals surface area contributed by atoms with Gasteiger partial charge in [-0.2, -0.15) is 4.98 Å². The molecule has 1 aliphatic rings. The van der Waals surface area contributed by atoms with Crippen LogP contribution in [0.5, 0.6) is 0 Å². The zero-order chi connectivity index (χ0) is 15.7. The molecule has 0 bridgehead atoms. The van der Waals surface area contributed by atoms with E-state index >= 15 is 0 Å². The van der Waals surface area contributed by atoms with Crippen molar-refractivity contribution in [2.24, 2.45) is 5.92 Å². The highest BCUT2D eigenvalue weighted by atomic mass is 16.5. The predicted molar refractivity (Wildman–Crippen MR) is 82.2 cm³/mol. The van der Waals surface area contributed by atoms with Gasteiger partial charge in [0.1, 0.15) is 6.04 Å². The fourth-order valence-electron chi connectivity index (χ4n) is 2.94. The average molecular weight is 299 g/mol. The van der Waals surface area contributed by atoms with E-state index in [0.717, 1.165) is 24.0 Å². The number of fused-ring (bicyclic) bond motifs is 1. The van der Waals surface area contributed by atoms with Crippen molar-refractivity contribution < 1.29 is 9.32 Å². The standard InChI is InChI=1S/C17H21N3O2/c1-4-11(3)15(16-18-14(5-2)19-22-16)20-10-12-8-6-7-9-13(12)17(20)21/h6-9,11,15H,4-5,10H2,1-3H3/t11-,15+/m1/s1. The summed E-state index contributed by atoms with van der Waals surface area (Å²) in [6.07, 6.45) is 1.67. The molecule has 0 radical (unpaired) electrons. The lowest BCUT2D eigenvalue weighted by Crippen LogP contribution is -2.33. The van der Waals surface area contributed by atoms with Crippen molar-refractivity contribution in [3.63, 3.8) is 0 Å². The molecule has 2 heterocycles. The third kappa shape index (κ3) is 2.40. The van der Waals surface area contributed by atoms with E-state index in [1.807, 2.05) is 36.1 Å². The third-order valence-electron chi connectivity index (χ3n) is 4.42. The summed E-state index contributed by atoms with van der Waals surface area (Å²) in [5.74, 6) is 1.54. The molecule has 0 spiro atoms. The van der Waals surface area contributed by atoms with Crippen LogP contribution in [0.25, 0.3) is 0 Å². The Morgan fingerprint density at radius 1 is 1.32 bits per heavy atom. The Labute approximate surface area is 130 Å². The number of nitrogens with zero attached hydrogens (tertiary/aromatic N) is 3. The predicted octanol–water partition coefficient (Wildman–Crippen LogP) is 3.38. The number of rotatable bonds is 5. The van der Waals surface area contributed by atoms with Crippen molar-refractivity contribution in [3.05, 3.63) is 47.1 Å². The number of carbonyl (C=O) groups is 1. The SMILES string of the molecule is CCc1noc([C@H]([C@H](C)CC)N2Cc3ccccc3C2=O)n1. The van der Waals surface area contributed by atoms with Crippen LogP contribution in [-0.2, 0) is 13.0 Å². The molecule has 1 amide bonds. The van der Waals surface area contributed by atoms with E-state index in [1.54, 1.807) is 0 Å². The second kappa shape index (κ2) is 5.91. The molecule has 1 aromatic carbocycles. The van der Waals surface area contributed by atoms with Gasteiger partial charge in [-0.15, -0.1) is 0 Å². The molecule has 0 saturated heterocycles. The van der Waals surface area contributed by atoms with Crippen molar-refractivity contribution in [2.75, 3.05) is 0 Å². The maximum Gasteiger partial charge on any atom is 0.255 e. The number of benzene rings is 1. The maximum absolute atomic E-state index is 12.7. The van der Waals surface area contributed by atoms with Crippen molar-refractivity contribution >= 4 is 5.91 Å². The first kappa shape index (κ1) is 14.8. The Balaban J connectivity index is 1.96. The summed E-state index contributed by atoms with van der Waals surface area (Å²) in [7, 11) is 0. The van der Waals surface area contributed by atoms with Crippen LogP contribution in [0.4, 0.5) is 0 Å². The van der Waals surface area contributed by atoms with Gasteiger partial charge in [-0.3, -0.25) is 4.79 Å². The second-order valence-electron chi connectivity index (χ2n) is 5.82. The molecular weight excluding hydrogens is 278 g/mol. The first-order valence-electron chi connectivity index (χ1n) is 7.87. The summed E-state index contributed by atoms with van der Waals surface area (Å²) in [5, 5.41) is 3.99. The van der Waals surface area contributed by atoms with Crippen LogP contribution >= 0.6 is 0 Å². The molecule has 0 N–H and O–H groups in total. The fourth-order valence-corrected chi connectivity index (χ4v) is 2.94. The van der Waals surface area contributed by atoms with E-state index in [9.17, 15) is 4.79 Å². The Morgan fingerprint density at radius 2 is 2.09 bits per heavy atom. The van der Waals surface area contributed by atoms with Gasteiger partial charge < -0.3 is 9.42 Å². The van der Waals surface area contributed by atoms with E-state index in [4.69, 9.17) is 4.52 Å². The van der Waals surface area contributed by atoms with E-state index < -0.39 is 0 Å². The number of hydrogen-bond acceptors (Lipinski definition) is 4.